The lowest BCUT2D eigenvalue weighted by molar-refractivity contribution is -0.133. The van der Waals surface area contributed by atoms with Crippen LogP contribution in [-0.2, 0) is 44.7 Å². The van der Waals surface area contributed by atoms with Crippen molar-refractivity contribution in [3.8, 4) is 0 Å². The number of esters is 2. The van der Waals surface area contributed by atoms with Gasteiger partial charge < -0.3 is 20.1 Å². The largest absolute Gasteiger partial charge is 0.389 e. The average molecular weight is 569 g/mol. The Bertz CT molecular complexity index is 1330. The quantitative estimate of drug-likeness (QED) is 0.402. The fourth-order valence-electron chi connectivity index (χ4n) is 6.86. The molecule has 0 radical (unpaired) electrons. The van der Waals surface area contributed by atoms with Gasteiger partial charge in [0, 0.05) is 12.2 Å². The van der Waals surface area contributed by atoms with Gasteiger partial charge >= 0.3 is 11.9 Å². The van der Waals surface area contributed by atoms with Crippen LogP contribution in [0.2, 0.25) is 0 Å². The van der Waals surface area contributed by atoms with Gasteiger partial charge in [-0.25, -0.2) is 19.6 Å². The first-order valence-electron chi connectivity index (χ1n) is 15.1. The van der Waals surface area contributed by atoms with Crippen LogP contribution < -0.4 is 10.6 Å². The molecule has 0 aromatic heterocycles. The van der Waals surface area contributed by atoms with E-state index in [0.717, 1.165) is 50.7 Å². The molecule has 0 saturated carbocycles. The Labute approximate surface area is 247 Å². The highest BCUT2D eigenvalue weighted by molar-refractivity contribution is 6.00. The number of amidine groups is 2. The van der Waals surface area contributed by atoms with Crippen molar-refractivity contribution < 1.29 is 19.1 Å². The zero-order valence-corrected chi connectivity index (χ0v) is 25.0. The topological polar surface area (TPSA) is 101 Å². The number of nitrogens with one attached hydrogen (secondary N) is 2. The number of aryl methyl sites for hydroxylation is 4. The molecule has 2 unspecified atom stereocenters. The third-order valence-corrected chi connectivity index (χ3v) is 9.22. The molecule has 2 atom stereocenters. The van der Waals surface area contributed by atoms with Gasteiger partial charge in [-0.1, -0.05) is 24.3 Å². The van der Waals surface area contributed by atoms with Gasteiger partial charge in [0.1, 0.15) is 0 Å². The molecule has 0 amide bonds. The highest BCUT2D eigenvalue weighted by Crippen LogP contribution is 2.33. The normalized spacial score (nSPS) is 21.5. The molecule has 8 heteroatoms. The van der Waals surface area contributed by atoms with Crippen molar-refractivity contribution in [3.63, 3.8) is 0 Å². The Morgan fingerprint density at radius 1 is 0.667 bits per heavy atom. The average Bonchev–Trinajstić information content (AvgIpc) is 3.72. The maximum absolute atomic E-state index is 12.3. The van der Waals surface area contributed by atoms with E-state index in [1.807, 2.05) is 0 Å². The summed E-state index contributed by atoms with van der Waals surface area (Å²) >= 11 is 0. The summed E-state index contributed by atoms with van der Waals surface area (Å²) in [6.45, 7) is 9.79. The summed E-state index contributed by atoms with van der Waals surface area (Å²) in [5.41, 5.74) is 11.2. The van der Waals surface area contributed by atoms with Crippen molar-refractivity contribution >= 4 is 24.0 Å². The fraction of sp³-hybridized carbons (Fsp3) is 0.471. The Morgan fingerprint density at radius 3 is 1.33 bits per heavy atom. The van der Waals surface area contributed by atoms with E-state index in [1.165, 1.54) is 44.5 Å². The van der Waals surface area contributed by atoms with Gasteiger partial charge in [0.25, 0.3) is 12.0 Å². The molecule has 2 aliphatic heterocycles. The van der Waals surface area contributed by atoms with Gasteiger partial charge in [-0.2, -0.15) is 0 Å². The summed E-state index contributed by atoms with van der Waals surface area (Å²) in [6, 6.07) is 9.95. The van der Waals surface area contributed by atoms with Crippen LogP contribution in [0.15, 0.2) is 46.4 Å². The van der Waals surface area contributed by atoms with Gasteiger partial charge in [0.15, 0.2) is 0 Å². The van der Waals surface area contributed by atoms with E-state index in [1.54, 1.807) is 0 Å². The summed E-state index contributed by atoms with van der Waals surface area (Å²) in [5, 5.41) is 6.44. The summed E-state index contributed by atoms with van der Waals surface area (Å²) < 4.78 is 10.6. The van der Waals surface area contributed by atoms with E-state index >= 15 is 0 Å². The first-order chi connectivity index (χ1) is 20.2. The Morgan fingerprint density at radius 2 is 1.00 bits per heavy atom. The Hall–Kier alpha value is -3.94. The summed E-state index contributed by atoms with van der Waals surface area (Å²) in [7, 11) is 0. The zero-order valence-electron chi connectivity index (χ0n) is 25.0. The SMILES string of the molecule is Cc1cc2c(cc1C)CC(CC1CN=C(OC(=O)/C=C/C(=O)OC3=NCC(CC4Cc5cc(C)c(C)cc5C4)N3)N1)C2. The standard InChI is InChI=1S/C34H40N4O4/c1-19-7-25-11-23(12-26(25)8-20(19)2)15-29-17-35-33(37-29)41-31(39)5-6-32(40)42-34-36-18-30(38-34)16-24-13-27-9-21(3)22(4)10-28(27)14-24/h5-10,23-24,29-30H,11-18H2,1-4H3,(H,35,37)(H,36,38)/b6-5+. The molecular weight excluding hydrogens is 528 g/mol. The van der Waals surface area contributed by atoms with Crippen LogP contribution in [0.25, 0.3) is 0 Å². The number of hydrogen-bond donors (Lipinski definition) is 2. The molecule has 0 saturated heterocycles. The number of aliphatic imine (C=N–C) groups is 2. The Kier molecular flexibility index (Phi) is 7.88. The molecule has 2 heterocycles. The number of nitrogens with zero attached hydrogens (tertiary/aromatic N) is 2. The number of carbonyl (C=O) groups is 2. The summed E-state index contributed by atoms with van der Waals surface area (Å²) in [5.74, 6) is -0.256. The molecule has 0 fully saturated rings. The van der Waals surface area contributed by atoms with Crippen molar-refractivity contribution in [1.29, 1.82) is 0 Å². The molecule has 2 aromatic carbocycles. The molecule has 6 rings (SSSR count). The lowest BCUT2D eigenvalue weighted by Crippen LogP contribution is -2.34. The zero-order chi connectivity index (χ0) is 29.4. The second kappa shape index (κ2) is 11.7. The first-order valence-corrected chi connectivity index (χ1v) is 15.1. The van der Waals surface area contributed by atoms with Crippen LogP contribution in [0.1, 0.15) is 57.3 Å². The summed E-state index contributed by atoms with van der Waals surface area (Å²) in [6.07, 6.45) is 8.34. The van der Waals surface area contributed by atoms with E-state index in [-0.39, 0.29) is 24.1 Å². The number of ether oxygens (including phenoxy) is 2. The predicted molar refractivity (Wildman–Crippen MR) is 163 cm³/mol. The number of hydrogen-bond acceptors (Lipinski definition) is 8. The number of carbonyl (C=O) groups excluding carboxylic acids is 2. The fourth-order valence-corrected chi connectivity index (χ4v) is 6.86. The van der Waals surface area contributed by atoms with E-state index in [2.05, 4.69) is 72.6 Å². The van der Waals surface area contributed by atoms with Crippen LogP contribution in [0.3, 0.4) is 0 Å². The van der Waals surface area contributed by atoms with Crippen LogP contribution in [0, 0.1) is 39.5 Å². The smallest absolute Gasteiger partial charge is 0.338 e. The molecule has 0 bridgehead atoms. The number of benzene rings is 2. The lowest BCUT2D eigenvalue weighted by Gasteiger charge is -2.16. The van der Waals surface area contributed by atoms with Crippen molar-refractivity contribution in [3.05, 3.63) is 80.9 Å². The molecule has 42 heavy (non-hydrogen) atoms. The van der Waals surface area contributed by atoms with Crippen molar-refractivity contribution in [2.45, 2.75) is 78.3 Å². The summed E-state index contributed by atoms with van der Waals surface area (Å²) in [4.78, 5) is 33.3. The van der Waals surface area contributed by atoms with Crippen molar-refractivity contribution in [2.24, 2.45) is 21.8 Å². The molecule has 2 aliphatic carbocycles. The van der Waals surface area contributed by atoms with Crippen LogP contribution >= 0.6 is 0 Å². The molecular formula is C34H40N4O4. The molecule has 0 spiro atoms. The van der Waals surface area contributed by atoms with E-state index < -0.39 is 11.9 Å². The van der Waals surface area contributed by atoms with Crippen molar-refractivity contribution in [1.82, 2.24) is 10.6 Å². The van der Waals surface area contributed by atoms with Gasteiger partial charge in [0.2, 0.25) is 0 Å². The van der Waals surface area contributed by atoms with Gasteiger partial charge in [-0.15, -0.1) is 0 Å². The molecule has 220 valence electrons. The van der Waals surface area contributed by atoms with Crippen LogP contribution in [-0.4, -0.2) is 49.2 Å². The number of rotatable bonds is 6. The second-order valence-electron chi connectivity index (χ2n) is 12.6. The molecule has 2 N–H and O–H groups in total. The first kappa shape index (κ1) is 28.2. The second-order valence-corrected chi connectivity index (χ2v) is 12.6. The van der Waals surface area contributed by atoms with Gasteiger partial charge in [-0.3, -0.25) is 0 Å². The minimum Gasteiger partial charge on any atom is -0.389 e. The van der Waals surface area contributed by atoms with Crippen molar-refractivity contribution in [2.75, 3.05) is 13.1 Å². The molecule has 8 nitrogen and oxygen atoms in total. The third-order valence-electron chi connectivity index (χ3n) is 9.22. The highest BCUT2D eigenvalue weighted by atomic mass is 16.6. The maximum Gasteiger partial charge on any atom is 0.338 e. The minimum absolute atomic E-state index is 0.134. The third kappa shape index (κ3) is 6.42. The van der Waals surface area contributed by atoms with Gasteiger partial charge in [-0.05, 0) is 123 Å². The monoisotopic (exact) mass is 568 g/mol. The maximum atomic E-state index is 12.3. The van der Waals surface area contributed by atoms with Crippen LogP contribution in [0.5, 0.6) is 0 Å². The van der Waals surface area contributed by atoms with Crippen LogP contribution in [0.4, 0.5) is 0 Å². The lowest BCUT2D eigenvalue weighted by atomic mass is 9.97. The molecule has 2 aromatic rings. The minimum atomic E-state index is -0.677. The van der Waals surface area contributed by atoms with E-state index in [4.69, 9.17) is 9.47 Å². The molecule has 4 aliphatic rings. The van der Waals surface area contributed by atoms with E-state index in [9.17, 15) is 9.59 Å². The predicted octanol–water partition coefficient (Wildman–Crippen LogP) is 4.13. The Balaban J connectivity index is 0.890. The highest BCUT2D eigenvalue weighted by Gasteiger charge is 2.30. The number of fused-ring (bicyclic) bond motifs is 2. The van der Waals surface area contributed by atoms with Gasteiger partial charge in [0.05, 0.1) is 25.2 Å². The van der Waals surface area contributed by atoms with E-state index in [0.29, 0.717) is 24.9 Å².